The summed E-state index contributed by atoms with van der Waals surface area (Å²) in [7, 11) is 0. The molecule has 7 heteroatoms. The second-order valence-electron chi connectivity index (χ2n) is 4.72. The Balaban J connectivity index is 1.88. The number of aromatic nitrogens is 3. The van der Waals surface area contributed by atoms with Crippen molar-refractivity contribution >= 4 is 5.91 Å². The van der Waals surface area contributed by atoms with Crippen molar-refractivity contribution in [2.75, 3.05) is 13.1 Å². The van der Waals surface area contributed by atoms with E-state index < -0.39 is 0 Å². The third-order valence-corrected chi connectivity index (χ3v) is 3.20. The summed E-state index contributed by atoms with van der Waals surface area (Å²) in [5.41, 5.74) is 0.608. The van der Waals surface area contributed by atoms with Crippen molar-refractivity contribution in [1.82, 2.24) is 19.9 Å². The first-order valence-corrected chi connectivity index (χ1v) is 7.17. The fraction of sp³-hybridized carbons (Fsp3) is 0.400. The van der Waals surface area contributed by atoms with E-state index in [1.165, 1.54) is 16.8 Å². The average molecular weight is 306 g/mol. The molecule has 0 aliphatic rings. The van der Waals surface area contributed by atoms with E-state index in [1.54, 1.807) is 23.2 Å². The highest BCUT2D eigenvalue weighted by Gasteiger charge is 2.11. The largest absolute Gasteiger partial charge is 0.487 e. The van der Waals surface area contributed by atoms with Crippen LogP contribution >= 0.6 is 0 Å². The van der Waals surface area contributed by atoms with Crippen molar-refractivity contribution in [3.63, 3.8) is 0 Å². The molecule has 1 amide bonds. The van der Waals surface area contributed by atoms with Gasteiger partial charge in [-0.05, 0) is 38.1 Å². The van der Waals surface area contributed by atoms with Gasteiger partial charge in [-0.2, -0.15) is 0 Å². The van der Waals surface area contributed by atoms with Gasteiger partial charge in [-0.3, -0.25) is 4.79 Å². The molecule has 1 heterocycles. The lowest BCUT2D eigenvalue weighted by Crippen LogP contribution is -2.33. The number of halogens is 1. The minimum Gasteiger partial charge on any atom is -0.487 e. The molecule has 0 N–H and O–H groups in total. The highest BCUT2D eigenvalue weighted by Crippen LogP contribution is 2.12. The van der Waals surface area contributed by atoms with Crippen LogP contribution in [0.1, 0.15) is 19.5 Å². The molecular weight excluding hydrogens is 287 g/mol. The molecule has 0 unspecified atom stereocenters. The van der Waals surface area contributed by atoms with Gasteiger partial charge >= 0.3 is 0 Å². The van der Waals surface area contributed by atoms with Crippen LogP contribution in [0.15, 0.2) is 30.5 Å². The zero-order valence-corrected chi connectivity index (χ0v) is 12.7. The predicted molar refractivity (Wildman–Crippen MR) is 78.7 cm³/mol. The van der Waals surface area contributed by atoms with Crippen molar-refractivity contribution < 1.29 is 13.9 Å². The van der Waals surface area contributed by atoms with E-state index in [4.69, 9.17) is 4.74 Å². The Morgan fingerprint density at radius 1 is 1.27 bits per heavy atom. The van der Waals surface area contributed by atoms with E-state index in [-0.39, 0.29) is 24.9 Å². The number of ether oxygens (including phenoxy) is 1. The van der Waals surface area contributed by atoms with Crippen molar-refractivity contribution in [3.05, 3.63) is 42.0 Å². The number of carbonyl (C=O) groups excluding carboxylic acids is 1. The third-order valence-electron chi connectivity index (χ3n) is 3.20. The lowest BCUT2D eigenvalue weighted by atomic mass is 10.3. The van der Waals surface area contributed by atoms with Crippen LogP contribution in [0.4, 0.5) is 4.39 Å². The highest BCUT2D eigenvalue weighted by atomic mass is 19.1. The summed E-state index contributed by atoms with van der Waals surface area (Å²) < 4.78 is 19.7. The van der Waals surface area contributed by atoms with Crippen LogP contribution < -0.4 is 4.74 Å². The maximum Gasteiger partial charge on any atom is 0.244 e. The number of hydrogen-bond donors (Lipinski definition) is 0. The standard InChI is InChI=1S/C15H19FN4O2/c1-3-19(4-2)15(21)10-20-9-13(17-18-20)11-22-14-7-5-12(16)6-8-14/h5-9H,3-4,10-11H2,1-2H3. The Kier molecular flexibility index (Phi) is 5.46. The Morgan fingerprint density at radius 3 is 2.59 bits per heavy atom. The Labute approximate surface area is 128 Å². The molecule has 0 radical (unpaired) electrons. The summed E-state index contributed by atoms with van der Waals surface area (Å²) in [6, 6.07) is 5.75. The van der Waals surface area contributed by atoms with Gasteiger partial charge in [-0.1, -0.05) is 5.21 Å². The lowest BCUT2D eigenvalue weighted by molar-refractivity contribution is -0.131. The molecule has 6 nitrogen and oxygen atoms in total. The van der Waals surface area contributed by atoms with E-state index in [1.807, 2.05) is 13.8 Å². The molecule has 0 aliphatic heterocycles. The fourth-order valence-corrected chi connectivity index (χ4v) is 1.98. The molecule has 0 aliphatic carbocycles. The zero-order valence-electron chi connectivity index (χ0n) is 12.7. The number of rotatable bonds is 7. The van der Waals surface area contributed by atoms with Crippen LogP contribution in [-0.2, 0) is 17.9 Å². The summed E-state index contributed by atoms with van der Waals surface area (Å²) >= 11 is 0. The van der Waals surface area contributed by atoms with Crippen molar-refractivity contribution in [1.29, 1.82) is 0 Å². The predicted octanol–water partition coefficient (Wildman–Crippen LogP) is 1.86. The monoisotopic (exact) mass is 306 g/mol. The number of nitrogens with zero attached hydrogens (tertiary/aromatic N) is 4. The van der Waals surface area contributed by atoms with Gasteiger partial charge in [0.25, 0.3) is 0 Å². The van der Waals surface area contributed by atoms with Gasteiger partial charge in [0.05, 0.1) is 6.20 Å². The first-order chi connectivity index (χ1) is 10.6. The van der Waals surface area contributed by atoms with Crippen LogP contribution in [0.2, 0.25) is 0 Å². The van der Waals surface area contributed by atoms with Gasteiger partial charge in [-0.15, -0.1) is 5.10 Å². The summed E-state index contributed by atoms with van der Waals surface area (Å²) in [6.07, 6.45) is 1.67. The number of hydrogen-bond acceptors (Lipinski definition) is 4. The SMILES string of the molecule is CCN(CC)C(=O)Cn1cc(COc2ccc(F)cc2)nn1. The van der Waals surface area contributed by atoms with Crippen molar-refractivity contribution in [2.45, 2.75) is 27.0 Å². The minimum absolute atomic E-state index is 0.000836. The molecular formula is C15H19FN4O2. The quantitative estimate of drug-likeness (QED) is 0.783. The molecule has 1 aromatic carbocycles. The van der Waals surface area contributed by atoms with Crippen LogP contribution in [-0.4, -0.2) is 38.9 Å². The van der Waals surface area contributed by atoms with E-state index in [0.717, 1.165) is 0 Å². The molecule has 0 saturated heterocycles. The van der Waals surface area contributed by atoms with E-state index in [0.29, 0.717) is 24.5 Å². The molecule has 0 atom stereocenters. The summed E-state index contributed by atoms with van der Waals surface area (Å²) in [6.45, 7) is 5.58. The van der Waals surface area contributed by atoms with Gasteiger partial charge < -0.3 is 9.64 Å². The summed E-state index contributed by atoms with van der Waals surface area (Å²) in [5.74, 6) is 0.240. The molecule has 0 spiro atoms. The smallest absolute Gasteiger partial charge is 0.244 e. The summed E-state index contributed by atoms with van der Waals surface area (Å²) in [5, 5.41) is 7.87. The van der Waals surface area contributed by atoms with E-state index in [9.17, 15) is 9.18 Å². The van der Waals surface area contributed by atoms with Crippen molar-refractivity contribution in [3.8, 4) is 5.75 Å². The summed E-state index contributed by atoms with van der Waals surface area (Å²) in [4.78, 5) is 13.7. The molecule has 2 rings (SSSR count). The number of carbonyl (C=O) groups is 1. The molecule has 0 bridgehead atoms. The number of benzene rings is 1. The minimum atomic E-state index is -0.312. The molecule has 0 fully saturated rings. The number of likely N-dealkylation sites (N-methyl/N-ethyl adjacent to an activating group) is 1. The van der Waals surface area contributed by atoms with Gasteiger partial charge in [0.2, 0.25) is 5.91 Å². The average Bonchev–Trinajstić information content (AvgIpc) is 2.95. The first kappa shape index (κ1) is 15.9. The van der Waals surface area contributed by atoms with Crippen molar-refractivity contribution in [2.24, 2.45) is 0 Å². The lowest BCUT2D eigenvalue weighted by Gasteiger charge is -2.17. The van der Waals surface area contributed by atoms with Crippen LogP contribution in [0, 0.1) is 5.82 Å². The highest BCUT2D eigenvalue weighted by molar-refractivity contribution is 5.75. The second kappa shape index (κ2) is 7.53. The van der Waals surface area contributed by atoms with Crippen LogP contribution in [0.3, 0.4) is 0 Å². The normalized spacial score (nSPS) is 10.5. The molecule has 118 valence electrons. The zero-order chi connectivity index (χ0) is 15.9. The maximum atomic E-state index is 12.8. The van der Waals surface area contributed by atoms with Crippen LogP contribution in [0.5, 0.6) is 5.75 Å². The number of amides is 1. The van der Waals surface area contributed by atoms with Crippen LogP contribution in [0.25, 0.3) is 0 Å². The Hall–Kier alpha value is -2.44. The molecule has 2 aromatic rings. The molecule has 22 heavy (non-hydrogen) atoms. The van der Waals surface area contributed by atoms with Gasteiger partial charge in [0, 0.05) is 13.1 Å². The third kappa shape index (κ3) is 4.28. The Morgan fingerprint density at radius 2 is 1.95 bits per heavy atom. The first-order valence-electron chi connectivity index (χ1n) is 7.17. The van der Waals surface area contributed by atoms with E-state index in [2.05, 4.69) is 10.3 Å². The van der Waals surface area contributed by atoms with Gasteiger partial charge in [0.1, 0.15) is 30.4 Å². The van der Waals surface area contributed by atoms with Gasteiger partial charge in [0.15, 0.2) is 0 Å². The van der Waals surface area contributed by atoms with Gasteiger partial charge in [-0.25, -0.2) is 9.07 Å². The second-order valence-corrected chi connectivity index (χ2v) is 4.72. The fourth-order valence-electron chi connectivity index (χ4n) is 1.98. The van der Waals surface area contributed by atoms with E-state index >= 15 is 0 Å². The maximum absolute atomic E-state index is 12.8. The molecule has 0 saturated carbocycles. The molecule has 1 aromatic heterocycles. The Bertz CT molecular complexity index is 608. The topological polar surface area (TPSA) is 60.2 Å².